The second-order valence-corrected chi connectivity index (χ2v) is 12.1. The summed E-state index contributed by atoms with van der Waals surface area (Å²) >= 11 is 0. The lowest BCUT2D eigenvalue weighted by Crippen LogP contribution is -2.28. The Morgan fingerprint density at radius 1 is 0.773 bits per heavy atom. The maximum Gasteiger partial charge on any atom is 0.343 e. The van der Waals surface area contributed by atoms with E-state index >= 15 is 0 Å². The second kappa shape index (κ2) is 16.3. The molecule has 0 spiro atoms. The number of carbonyl (C=O) groups is 1. The lowest BCUT2D eigenvalue weighted by molar-refractivity contribution is -0.142. The molecule has 0 aliphatic carbocycles. The van der Waals surface area contributed by atoms with Crippen LogP contribution in [0, 0.1) is 11.8 Å². The number of unbranched alkanes of at least 4 members (excludes halogenated alkanes) is 1. The number of sulfonamides is 1. The first-order valence-electron chi connectivity index (χ1n) is 14.6. The number of ether oxygens (including phenoxy) is 2. The normalized spacial score (nSPS) is 11.2. The fourth-order valence-corrected chi connectivity index (χ4v) is 5.48. The maximum atomic E-state index is 13.5. The van der Waals surface area contributed by atoms with Crippen LogP contribution in [0.5, 0.6) is 5.75 Å². The largest absolute Gasteiger partial charge is 0.482 e. The van der Waals surface area contributed by atoms with E-state index in [1.165, 1.54) is 35.2 Å². The minimum atomic E-state index is -3.79. The Hall–Kier alpha value is -4.64. The minimum Gasteiger partial charge on any atom is -0.482 e. The van der Waals surface area contributed by atoms with Gasteiger partial charge < -0.3 is 9.47 Å². The molecule has 0 saturated heterocycles. The van der Waals surface area contributed by atoms with Crippen LogP contribution in [-0.4, -0.2) is 32.4 Å². The van der Waals surface area contributed by atoms with Crippen LogP contribution in [-0.2, 0) is 39.1 Å². The molecule has 0 aliphatic heterocycles. The Kier molecular flexibility index (Phi) is 11.9. The van der Waals surface area contributed by atoms with Gasteiger partial charge in [0.15, 0.2) is 6.61 Å². The lowest BCUT2D eigenvalue weighted by atomic mass is 10.1. The zero-order valence-corrected chi connectivity index (χ0v) is 25.9. The number of esters is 1. The summed E-state index contributed by atoms with van der Waals surface area (Å²) in [5.74, 6) is 6.43. The van der Waals surface area contributed by atoms with E-state index in [2.05, 4.69) is 47.8 Å². The molecule has 44 heavy (non-hydrogen) atoms. The van der Waals surface area contributed by atoms with Crippen LogP contribution in [0.1, 0.15) is 53.1 Å². The molecule has 0 atom stereocenters. The molecule has 226 valence electrons. The average Bonchev–Trinajstić information content (AvgIpc) is 3.06. The number of aryl methyl sites for hydroxylation is 1. The molecule has 0 heterocycles. The van der Waals surface area contributed by atoms with E-state index in [0.29, 0.717) is 5.75 Å². The fourth-order valence-electron chi connectivity index (χ4n) is 4.32. The maximum absolute atomic E-state index is 13.5. The van der Waals surface area contributed by atoms with Crippen LogP contribution in [0.2, 0.25) is 0 Å². The number of rotatable bonds is 13. The topological polar surface area (TPSA) is 72.9 Å². The first-order valence-corrected chi connectivity index (χ1v) is 16.1. The summed E-state index contributed by atoms with van der Waals surface area (Å²) in [6, 6.07) is 32.3. The number of carbonyl (C=O) groups excluding carboxylic acids is 1. The Bertz CT molecular complexity index is 1680. The van der Waals surface area contributed by atoms with Crippen LogP contribution in [0.25, 0.3) is 6.08 Å². The van der Waals surface area contributed by atoms with Gasteiger partial charge in [-0.1, -0.05) is 91.9 Å². The minimum absolute atomic E-state index is 0.147. The number of benzene rings is 4. The van der Waals surface area contributed by atoms with Crippen molar-refractivity contribution in [3.05, 3.63) is 142 Å². The van der Waals surface area contributed by atoms with Gasteiger partial charge in [-0.15, -0.1) is 0 Å². The monoisotopic (exact) mass is 607 g/mol. The van der Waals surface area contributed by atoms with E-state index in [-0.39, 0.29) is 19.7 Å². The van der Waals surface area contributed by atoms with E-state index < -0.39 is 16.0 Å². The van der Waals surface area contributed by atoms with Gasteiger partial charge in [-0.05, 0) is 77.6 Å². The predicted molar refractivity (Wildman–Crippen MR) is 175 cm³/mol. The van der Waals surface area contributed by atoms with Crippen molar-refractivity contribution in [3.63, 3.8) is 0 Å². The van der Waals surface area contributed by atoms with Gasteiger partial charge in [-0.2, -0.15) is 4.31 Å². The molecule has 0 bridgehead atoms. The molecule has 0 N–H and O–H groups in total. The van der Waals surface area contributed by atoms with Gasteiger partial charge in [-0.3, -0.25) is 0 Å². The molecule has 0 aliphatic rings. The highest BCUT2D eigenvalue weighted by molar-refractivity contribution is 7.92. The molecule has 6 nitrogen and oxygen atoms in total. The summed E-state index contributed by atoms with van der Waals surface area (Å²) in [6.45, 7) is 2.31. The Labute approximate surface area is 261 Å². The zero-order valence-electron chi connectivity index (χ0n) is 25.1. The molecule has 0 unspecified atom stereocenters. The third kappa shape index (κ3) is 10.3. The second-order valence-electron chi connectivity index (χ2n) is 10.3. The molecular formula is C37H37NO5S. The molecule has 4 aromatic rings. The summed E-state index contributed by atoms with van der Waals surface area (Å²) in [4.78, 5) is 11.4. The highest BCUT2D eigenvalue weighted by Crippen LogP contribution is 2.20. The summed E-state index contributed by atoms with van der Waals surface area (Å²) < 4.78 is 38.5. The van der Waals surface area contributed by atoms with Crippen molar-refractivity contribution in [3.8, 4) is 17.6 Å². The molecule has 4 rings (SSSR count). The van der Waals surface area contributed by atoms with Crippen LogP contribution < -0.4 is 4.74 Å². The van der Waals surface area contributed by atoms with Crippen LogP contribution in [0.4, 0.5) is 0 Å². The molecule has 0 fully saturated rings. The summed E-state index contributed by atoms with van der Waals surface area (Å²) in [6.07, 6.45) is 5.03. The van der Waals surface area contributed by atoms with Gasteiger partial charge in [0.2, 0.25) is 10.0 Å². The number of nitrogens with zero attached hydrogens (tertiary/aromatic N) is 1. The van der Waals surface area contributed by atoms with Crippen molar-refractivity contribution in [2.45, 2.75) is 39.3 Å². The Morgan fingerprint density at radius 3 is 1.86 bits per heavy atom. The SMILES string of the molecule is CCCCc1ccc(C#Cc2ccc(CN(Cc3ccc(OCC(=O)OC)cc3)S(=O)(=O)C=Cc3ccccc3)cc2)cc1. The first-order chi connectivity index (χ1) is 21.3. The number of hydrogen-bond donors (Lipinski definition) is 0. The molecular weight excluding hydrogens is 570 g/mol. The van der Waals surface area contributed by atoms with Crippen molar-refractivity contribution in [2.24, 2.45) is 0 Å². The smallest absolute Gasteiger partial charge is 0.343 e. The molecule has 0 aromatic heterocycles. The molecule has 0 saturated carbocycles. The quantitative estimate of drug-likeness (QED) is 0.121. The Morgan fingerprint density at radius 2 is 1.32 bits per heavy atom. The highest BCUT2D eigenvalue weighted by Gasteiger charge is 2.20. The van der Waals surface area contributed by atoms with Gasteiger partial charge in [-0.25, -0.2) is 13.2 Å². The van der Waals surface area contributed by atoms with Crippen molar-refractivity contribution in [1.82, 2.24) is 4.31 Å². The van der Waals surface area contributed by atoms with Gasteiger partial charge >= 0.3 is 5.97 Å². The third-order valence-corrected chi connectivity index (χ3v) is 8.35. The van der Waals surface area contributed by atoms with Crippen LogP contribution >= 0.6 is 0 Å². The zero-order chi connectivity index (χ0) is 31.2. The fraction of sp³-hybridized carbons (Fsp3) is 0.216. The first kappa shape index (κ1) is 32.3. The van der Waals surface area contributed by atoms with Crippen molar-refractivity contribution < 1.29 is 22.7 Å². The van der Waals surface area contributed by atoms with Crippen molar-refractivity contribution in [1.29, 1.82) is 0 Å². The predicted octanol–water partition coefficient (Wildman–Crippen LogP) is 6.98. The van der Waals surface area contributed by atoms with Crippen LogP contribution in [0.3, 0.4) is 0 Å². The highest BCUT2D eigenvalue weighted by atomic mass is 32.2. The summed E-state index contributed by atoms with van der Waals surface area (Å²) in [5, 5.41) is 1.24. The summed E-state index contributed by atoms with van der Waals surface area (Å²) in [5.41, 5.74) is 5.54. The molecule has 0 radical (unpaired) electrons. The number of hydrogen-bond acceptors (Lipinski definition) is 5. The van der Waals surface area contributed by atoms with Gasteiger partial charge in [0, 0.05) is 29.6 Å². The van der Waals surface area contributed by atoms with E-state index in [1.807, 2.05) is 54.6 Å². The van der Waals surface area contributed by atoms with Gasteiger partial charge in [0.1, 0.15) is 5.75 Å². The van der Waals surface area contributed by atoms with E-state index in [9.17, 15) is 13.2 Å². The van der Waals surface area contributed by atoms with Crippen LogP contribution in [0.15, 0.2) is 109 Å². The molecule has 0 amide bonds. The van der Waals surface area contributed by atoms with Crippen molar-refractivity contribution >= 4 is 22.1 Å². The average molecular weight is 608 g/mol. The standard InChI is InChI=1S/C37H37NO5S/c1-3-4-8-31-11-13-32(14-12-31)15-16-33-17-19-34(20-18-33)27-38(44(40,41)26-25-30-9-6-5-7-10-30)28-35-21-23-36(24-22-35)43-29-37(39)42-2/h5-7,9-14,17-26H,3-4,8,27-29H2,1-2H3. The molecule has 4 aromatic carbocycles. The molecule has 7 heteroatoms. The van der Waals surface area contributed by atoms with E-state index in [4.69, 9.17) is 4.74 Å². The van der Waals surface area contributed by atoms with E-state index in [0.717, 1.165) is 34.2 Å². The van der Waals surface area contributed by atoms with Crippen molar-refractivity contribution in [2.75, 3.05) is 13.7 Å². The third-order valence-electron chi connectivity index (χ3n) is 6.90. The van der Waals surface area contributed by atoms with E-state index in [1.54, 1.807) is 30.3 Å². The summed E-state index contributed by atoms with van der Waals surface area (Å²) in [7, 11) is -2.49. The lowest BCUT2D eigenvalue weighted by Gasteiger charge is -2.21. The van der Waals surface area contributed by atoms with Gasteiger partial charge in [0.05, 0.1) is 7.11 Å². The van der Waals surface area contributed by atoms with Gasteiger partial charge in [0.25, 0.3) is 0 Å². The Balaban J connectivity index is 1.49. The number of methoxy groups -OCH3 is 1.